The standard InChI is InChI=1S/C13H26N4O/c1-16-6-2-12(11-16)10-15-13(18)3-7-17-8-4-14-5-9-17/h12,14H,2-11H2,1H3,(H,15,18). The highest BCUT2D eigenvalue weighted by Crippen LogP contribution is 2.12. The number of rotatable bonds is 5. The average Bonchev–Trinajstić information content (AvgIpc) is 2.81. The van der Waals surface area contributed by atoms with Gasteiger partial charge in [0.2, 0.25) is 5.91 Å². The molecular weight excluding hydrogens is 228 g/mol. The van der Waals surface area contributed by atoms with Crippen LogP contribution in [0.3, 0.4) is 0 Å². The molecule has 0 aromatic heterocycles. The molecule has 0 radical (unpaired) electrons. The second-order valence-corrected chi connectivity index (χ2v) is 5.56. The maximum atomic E-state index is 11.8. The molecule has 0 aromatic carbocycles. The third kappa shape index (κ3) is 4.55. The molecule has 1 unspecified atom stereocenters. The van der Waals surface area contributed by atoms with Gasteiger partial charge in [-0.3, -0.25) is 4.79 Å². The van der Waals surface area contributed by atoms with Gasteiger partial charge in [0.15, 0.2) is 0 Å². The van der Waals surface area contributed by atoms with E-state index in [9.17, 15) is 4.79 Å². The molecule has 1 atom stereocenters. The van der Waals surface area contributed by atoms with Crippen LogP contribution in [0.4, 0.5) is 0 Å². The largest absolute Gasteiger partial charge is 0.356 e. The van der Waals surface area contributed by atoms with E-state index in [1.807, 2.05) is 0 Å². The Morgan fingerprint density at radius 1 is 1.33 bits per heavy atom. The highest BCUT2D eigenvalue weighted by atomic mass is 16.1. The SMILES string of the molecule is CN1CCC(CNC(=O)CCN2CCNCC2)C1. The molecule has 2 heterocycles. The van der Waals surface area contributed by atoms with E-state index in [1.165, 1.54) is 13.0 Å². The number of nitrogens with zero attached hydrogens (tertiary/aromatic N) is 2. The summed E-state index contributed by atoms with van der Waals surface area (Å²) < 4.78 is 0. The first-order valence-corrected chi connectivity index (χ1v) is 7.12. The second-order valence-electron chi connectivity index (χ2n) is 5.56. The number of hydrogen-bond donors (Lipinski definition) is 2. The Morgan fingerprint density at radius 2 is 2.11 bits per heavy atom. The Morgan fingerprint density at radius 3 is 2.78 bits per heavy atom. The summed E-state index contributed by atoms with van der Waals surface area (Å²) in [4.78, 5) is 16.4. The van der Waals surface area contributed by atoms with Crippen molar-refractivity contribution in [2.75, 3.05) is 59.4 Å². The van der Waals surface area contributed by atoms with Crippen molar-refractivity contribution in [3.05, 3.63) is 0 Å². The second kappa shape index (κ2) is 7.07. The van der Waals surface area contributed by atoms with Gasteiger partial charge in [0, 0.05) is 52.2 Å². The van der Waals surface area contributed by atoms with Crippen molar-refractivity contribution in [1.29, 1.82) is 0 Å². The van der Waals surface area contributed by atoms with Crippen LogP contribution in [0.5, 0.6) is 0 Å². The summed E-state index contributed by atoms with van der Waals surface area (Å²) in [5, 5.41) is 6.40. The molecule has 2 saturated heterocycles. The Kier molecular flexibility index (Phi) is 5.41. The van der Waals surface area contributed by atoms with Crippen LogP contribution in [0.1, 0.15) is 12.8 Å². The molecule has 2 fully saturated rings. The van der Waals surface area contributed by atoms with Crippen LogP contribution in [0.2, 0.25) is 0 Å². The third-order valence-electron chi connectivity index (χ3n) is 3.94. The highest BCUT2D eigenvalue weighted by Gasteiger charge is 2.19. The molecule has 1 amide bonds. The van der Waals surface area contributed by atoms with Crippen molar-refractivity contribution in [2.45, 2.75) is 12.8 Å². The Balaban J connectivity index is 1.54. The zero-order chi connectivity index (χ0) is 12.8. The van der Waals surface area contributed by atoms with Crippen molar-refractivity contribution >= 4 is 5.91 Å². The Labute approximate surface area is 110 Å². The molecular formula is C13H26N4O. The minimum atomic E-state index is 0.211. The summed E-state index contributed by atoms with van der Waals surface area (Å²) in [5.41, 5.74) is 0. The average molecular weight is 254 g/mol. The molecule has 0 aromatic rings. The van der Waals surface area contributed by atoms with E-state index >= 15 is 0 Å². The molecule has 2 aliphatic rings. The number of likely N-dealkylation sites (tertiary alicyclic amines) is 1. The molecule has 0 saturated carbocycles. The maximum absolute atomic E-state index is 11.8. The molecule has 18 heavy (non-hydrogen) atoms. The number of amides is 1. The predicted octanol–water partition coefficient (Wildman–Crippen LogP) is -0.650. The summed E-state index contributed by atoms with van der Waals surface area (Å²) in [7, 11) is 2.15. The van der Waals surface area contributed by atoms with Gasteiger partial charge in [0.1, 0.15) is 0 Å². The van der Waals surface area contributed by atoms with Crippen LogP contribution in [0, 0.1) is 5.92 Å². The number of carbonyl (C=O) groups is 1. The summed E-state index contributed by atoms with van der Waals surface area (Å²) >= 11 is 0. The smallest absolute Gasteiger partial charge is 0.221 e. The Hall–Kier alpha value is -0.650. The van der Waals surface area contributed by atoms with Gasteiger partial charge in [-0.25, -0.2) is 0 Å². The van der Waals surface area contributed by atoms with E-state index < -0.39 is 0 Å². The van der Waals surface area contributed by atoms with Gasteiger partial charge in [0.25, 0.3) is 0 Å². The quantitative estimate of drug-likeness (QED) is 0.684. The monoisotopic (exact) mass is 254 g/mol. The van der Waals surface area contributed by atoms with E-state index in [2.05, 4.69) is 27.5 Å². The van der Waals surface area contributed by atoms with E-state index in [0.29, 0.717) is 12.3 Å². The van der Waals surface area contributed by atoms with E-state index in [1.54, 1.807) is 0 Å². The summed E-state index contributed by atoms with van der Waals surface area (Å²) in [6, 6.07) is 0. The van der Waals surface area contributed by atoms with E-state index in [-0.39, 0.29) is 5.91 Å². The van der Waals surface area contributed by atoms with Crippen molar-refractivity contribution < 1.29 is 4.79 Å². The van der Waals surface area contributed by atoms with Gasteiger partial charge in [-0.15, -0.1) is 0 Å². The van der Waals surface area contributed by atoms with Gasteiger partial charge in [0.05, 0.1) is 0 Å². The van der Waals surface area contributed by atoms with E-state index in [4.69, 9.17) is 0 Å². The topological polar surface area (TPSA) is 47.6 Å². The first kappa shape index (κ1) is 13.8. The van der Waals surface area contributed by atoms with Crippen molar-refractivity contribution in [1.82, 2.24) is 20.4 Å². The number of nitrogens with one attached hydrogen (secondary N) is 2. The fraction of sp³-hybridized carbons (Fsp3) is 0.923. The molecule has 0 spiro atoms. The molecule has 0 aliphatic carbocycles. The van der Waals surface area contributed by atoms with Crippen LogP contribution in [-0.2, 0) is 4.79 Å². The number of carbonyl (C=O) groups excluding carboxylic acids is 1. The fourth-order valence-electron chi connectivity index (χ4n) is 2.73. The van der Waals surface area contributed by atoms with Crippen molar-refractivity contribution in [2.24, 2.45) is 5.92 Å². The molecule has 0 bridgehead atoms. The number of piperazine rings is 1. The lowest BCUT2D eigenvalue weighted by Gasteiger charge is -2.26. The van der Waals surface area contributed by atoms with Crippen molar-refractivity contribution in [3.8, 4) is 0 Å². The molecule has 2 rings (SSSR count). The zero-order valence-corrected chi connectivity index (χ0v) is 11.5. The zero-order valence-electron chi connectivity index (χ0n) is 11.5. The Bertz CT molecular complexity index is 255. The first-order valence-electron chi connectivity index (χ1n) is 7.12. The van der Waals surface area contributed by atoms with Gasteiger partial charge in [-0.05, 0) is 25.9 Å². The lowest BCUT2D eigenvalue weighted by atomic mass is 10.1. The lowest BCUT2D eigenvalue weighted by Crippen LogP contribution is -2.44. The van der Waals surface area contributed by atoms with E-state index in [0.717, 1.165) is 45.8 Å². The number of hydrogen-bond acceptors (Lipinski definition) is 4. The molecule has 5 nitrogen and oxygen atoms in total. The van der Waals surface area contributed by atoms with Crippen molar-refractivity contribution in [3.63, 3.8) is 0 Å². The normalized spacial score (nSPS) is 26.4. The fourth-order valence-corrected chi connectivity index (χ4v) is 2.73. The first-order chi connectivity index (χ1) is 8.74. The molecule has 2 aliphatic heterocycles. The summed E-state index contributed by atoms with van der Waals surface area (Å²) in [6.07, 6.45) is 1.86. The van der Waals surface area contributed by atoms with Crippen LogP contribution in [-0.4, -0.2) is 75.1 Å². The highest BCUT2D eigenvalue weighted by molar-refractivity contribution is 5.76. The van der Waals surface area contributed by atoms with Gasteiger partial charge in [-0.2, -0.15) is 0 Å². The predicted molar refractivity (Wildman–Crippen MR) is 72.5 cm³/mol. The van der Waals surface area contributed by atoms with Crippen LogP contribution in [0.15, 0.2) is 0 Å². The summed E-state index contributed by atoms with van der Waals surface area (Å²) in [5.74, 6) is 0.862. The van der Waals surface area contributed by atoms with Gasteiger partial charge >= 0.3 is 0 Å². The van der Waals surface area contributed by atoms with Gasteiger partial charge < -0.3 is 20.4 Å². The lowest BCUT2D eigenvalue weighted by molar-refractivity contribution is -0.121. The third-order valence-corrected chi connectivity index (χ3v) is 3.94. The summed E-state index contributed by atoms with van der Waals surface area (Å²) in [6.45, 7) is 8.29. The minimum absolute atomic E-state index is 0.211. The maximum Gasteiger partial charge on any atom is 0.221 e. The van der Waals surface area contributed by atoms with Crippen LogP contribution in [0.25, 0.3) is 0 Å². The minimum Gasteiger partial charge on any atom is -0.356 e. The van der Waals surface area contributed by atoms with Crippen LogP contribution >= 0.6 is 0 Å². The van der Waals surface area contributed by atoms with Crippen LogP contribution < -0.4 is 10.6 Å². The molecule has 2 N–H and O–H groups in total. The molecule has 5 heteroatoms. The van der Waals surface area contributed by atoms with Gasteiger partial charge in [-0.1, -0.05) is 0 Å². The molecule has 104 valence electrons.